The third kappa shape index (κ3) is 5.63. The van der Waals surface area contributed by atoms with Gasteiger partial charge in [-0.2, -0.15) is 0 Å². The van der Waals surface area contributed by atoms with Crippen molar-refractivity contribution in [3.63, 3.8) is 0 Å². The van der Waals surface area contributed by atoms with Crippen molar-refractivity contribution in [3.05, 3.63) is 42.0 Å². The molecule has 0 spiro atoms. The monoisotopic (exact) mass is 408 g/mol. The summed E-state index contributed by atoms with van der Waals surface area (Å²) in [5.74, 6) is 3.25. The van der Waals surface area contributed by atoms with Crippen molar-refractivity contribution in [2.75, 3.05) is 32.8 Å². The van der Waals surface area contributed by atoms with Gasteiger partial charge in [0.2, 0.25) is 0 Å². The molecule has 0 bridgehead atoms. The Labute approximate surface area is 174 Å². The minimum Gasteiger partial charge on any atom is -0.490 e. The molecule has 156 valence electrons. The van der Waals surface area contributed by atoms with Gasteiger partial charge in [0.1, 0.15) is 5.82 Å². The molecule has 7 heteroatoms. The van der Waals surface area contributed by atoms with E-state index in [0.717, 1.165) is 43.5 Å². The Hall–Kier alpha value is -1.76. The molecule has 1 unspecified atom stereocenters. The largest absolute Gasteiger partial charge is 0.490 e. The molecule has 0 amide bonds. The molecule has 1 aromatic heterocycles. The third-order valence-corrected chi connectivity index (χ3v) is 4.78. The average Bonchev–Trinajstić information content (AvgIpc) is 3.07. The van der Waals surface area contributed by atoms with Gasteiger partial charge in [-0.15, -0.1) is 12.4 Å². The maximum Gasteiger partial charge on any atom is 0.161 e. The van der Waals surface area contributed by atoms with Crippen LogP contribution in [0.4, 0.5) is 0 Å². The van der Waals surface area contributed by atoms with E-state index in [-0.39, 0.29) is 18.4 Å². The fraction of sp³-hybridized carbons (Fsp3) is 0.571. The second kappa shape index (κ2) is 10.7. The number of nitrogens with zero attached hydrogens (tertiary/aromatic N) is 3. The number of ether oxygens (including phenoxy) is 2. The number of rotatable bonds is 8. The molecule has 1 saturated heterocycles. The Bertz CT molecular complexity index is 735. The number of halogens is 1. The van der Waals surface area contributed by atoms with Gasteiger partial charge >= 0.3 is 0 Å². The second-order valence-electron chi connectivity index (χ2n) is 7.51. The van der Waals surface area contributed by atoms with Crippen molar-refractivity contribution in [1.29, 1.82) is 0 Å². The van der Waals surface area contributed by atoms with Gasteiger partial charge in [0.15, 0.2) is 11.5 Å². The highest BCUT2D eigenvalue weighted by Gasteiger charge is 2.27. The molecule has 0 saturated carbocycles. The van der Waals surface area contributed by atoms with E-state index in [0.29, 0.717) is 19.1 Å². The molecule has 1 aromatic carbocycles. The summed E-state index contributed by atoms with van der Waals surface area (Å²) < 4.78 is 13.9. The van der Waals surface area contributed by atoms with Gasteiger partial charge in [-0.25, -0.2) is 4.98 Å². The number of nitrogens with one attached hydrogen (secondary N) is 1. The molecule has 2 aromatic rings. The SMILES string of the molecule is CCOc1cc(CN2CCNCC2c2nccn2C)ccc1OCC(C)C.Cl. The van der Waals surface area contributed by atoms with Crippen molar-refractivity contribution < 1.29 is 9.47 Å². The van der Waals surface area contributed by atoms with Crippen LogP contribution in [0.5, 0.6) is 11.5 Å². The van der Waals surface area contributed by atoms with E-state index in [9.17, 15) is 0 Å². The van der Waals surface area contributed by atoms with Gasteiger partial charge in [-0.05, 0) is 30.5 Å². The summed E-state index contributed by atoms with van der Waals surface area (Å²) in [7, 11) is 2.06. The van der Waals surface area contributed by atoms with E-state index < -0.39 is 0 Å². The average molecular weight is 409 g/mol. The highest BCUT2D eigenvalue weighted by Crippen LogP contribution is 2.31. The minimum absolute atomic E-state index is 0. The molecule has 1 aliphatic rings. The van der Waals surface area contributed by atoms with Gasteiger partial charge in [0.25, 0.3) is 0 Å². The molecule has 6 nitrogen and oxygen atoms in total. The lowest BCUT2D eigenvalue weighted by Crippen LogP contribution is -2.46. The maximum absolute atomic E-state index is 5.93. The lowest BCUT2D eigenvalue weighted by Gasteiger charge is -2.35. The Morgan fingerprint density at radius 3 is 2.75 bits per heavy atom. The number of aryl methyl sites for hydroxylation is 1. The van der Waals surface area contributed by atoms with Crippen LogP contribution >= 0.6 is 12.4 Å². The van der Waals surface area contributed by atoms with Crippen molar-refractivity contribution in [2.24, 2.45) is 13.0 Å². The normalized spacial score (nSPS) is 17.4. The van der Waals surface area contributed by atoms with E-state index >= 15 is 0 Å². The summed E-state index contributed by atoms with van der Waals surface area (Å²) in [6.07, 6.45) is 3.88. The zero-order chi connectivity index (χ0) is 19.2. The summed E-state index contributed by atoms with van der Waals surface area (Å²) >= 11 is 0. The standard InChI is InChI=1S/C21H32N4O2.ClH/c1-5-26-20-12-17(6-7-19(20)27-15-16(2)3)14-25-11-8-22-13-18(25)21-23-9-10-24(21)4;/h6-7,9-10,12,16,18,22H,5,8,11,13-15H2,1-4H3;1H. The van der Waals surface area contributed by atoms with Crippen LogP contribution in [0.3, 0.4) is 0 Å². The van der Waals surface area contributed by atoms with Gasteiger partial charge in [-0.3, -0.25) is 4.90 Å². The highest BCUT2D eigenvalue weighted by molar-refractivity contribution is 5.85. The lowest BCUT2D eigenvalue weighted by atomic mass is 10.1. The Morgan fingerprint density at radius 2 is 2.07 bits per heavy atom. The quantitative estimate of drug-likeness (QED) is 0.725. The fourth-order valence-electron chi connectivity index (χ4n) is 3.42. The first-order valence-corrected chi connectivity index (χ1v) is 9.89. The van der Waals surface area contributed by atoms with Gasteiger partial charge in [-0.1, -0.05) is 19.9 Å². The van der Waals surface area contributed by atoms with Crippen molar-refractivity contribution in [3.8, 4) is 11.5 Å². The molecule has 1 N–H and O–H groups in total. The molecule has 3 rings (SSSR count). The summed E-state index contributed by atoms with van der Waals surface area (Å²) in [5, 5.41) is 3.49. The maximum atomic E-state index is 5.93. The van der Waals surface area contributed by atoms with Crippen LogP contribution in [0.2, 0.25) is 0 Å². The zero-order valence-electron chi connectivity index (χ0n) is 17.4. The van der Waals surface area contributed by atoms with Crippen LogP contribution < -0.4 is 14.8 Å². The number of imidazole rings is 1. The van der Waals surface area contributed by atoms with Crippen molar-refractivity contribution in [1.82, 2.24) is 19.8 Å². The minimum atomic E-state index is 0. The molecular weight excluding hydrogens is 376 g/mol. The Kier molecular flexibility index (Phi) is 8.60. The third-order valence-electron chi connectivity index (χ3n) is 4.78. The fourth-order valence-corrected chi connectivity index (χ4v) is 3.42. The first-order valence-electron chi connectivity index (χ1n) is 9.89. The van der Waals surface area contributed by atoms with Gasteiger partial charge < -0.3 is 19.4 Å². The molecule has 1 aliphatic heterocycles. The predicted octanol–water partition coefficient (Wildman–Crippen LogP) is 3.42. The topological polar surface area (TPSA) is 51.5 Å². The van der Waals surface area contributed by atoms with E-state index in [1.807, 2.05) is 25.4 Å². The van der Waals surface area contributed by atoms with Crippen LogP contribution in [-0.4, -0.2) is 47.3 Å². The van der Waals surface area contributed by atoms with E-state index in [1.54, 1.807) is 0 Å². The van der Waals surface area contributed by atoms with Crippen LogP contribution in [0.1, 0.15) is 38.2 Å². The van der Waals surface area contributed by atoms with Crippen LogP contribution in [-0.2, 0) is 13.6 Å². The number of piperazine rings is 1. The second-order valence-corrected chi connectivity index (χ2v) is 7.51. The molecule has 0 aliphatic carbocycles. The summed E-state index contributed by atoms with van der Waals surface area (Å²) in [5.41, 5.74) is 1.23. The van der Waals surface area contributed by atoms with Crippen molar-refractivity contribution in [2.45, 2.75) is 33.4 Å². The molecular formula is C21H33ClN4O2. The number of hydrogen-bond donors (Lipinski definition) is 1. The Morgan fingerprint density at radius 1 is 1.25 bits per heavy atom. The summed E-state index contributed by atoms with van der Waals surface area (Å²) in [4.78, 5) is 7.05. The Balaban J connectivity index is 0.00000280. The number of hydrogen-bond acceptors (Lipinski definition) is 5. The summed E-state index contributed by atoms with van der Waals surface area (Å²) in [6.45, 7) is 11.4. The zero-order valence-corrected chi connectivity index (χ0v) is 18.2. The van der Waals surface area contributed by atoms with Crippen LogP contribution in [0, 0.1) is 5.92 Å². The smallest absolute Gasteiger partial charge is 0.161 e. The molecule has 0 radical (unpaired) electrons. The first-order chi connectivity index (χ1) is 13.1. The van der Waals surface area contributed by atoms with Gasteiger partial charge in [0.05, 0.1) is 19.3 Å². The van der Waals surface area contributed by atoms with Crippen molar-refractivity contribution >= 4 is 12.4 Å². The molecule has 1 fully saturated rings. The molecule has 28 heavy (non-hydrogen) atoms. The van der Waals surface area contributed by atoms with E-state index in [2.05, 4.69) is 52.8 Å². The predicted molar refractivity (Wildman–Crippen MR) is 114 cm³/mol. The van der Waals surface area contributed by atoms with Crippen LogP contribution in [0.15, 0.2) is 30.6 Å². The van der Waals surface area contributed by atoms with Crippen LogP contribution in [0.25, 0.3) is 0 Å². The molecule has 2 heterocycles. The molecule has 1 atom stereocenters. The van der Waals surface area contributed by atoms with Gasteiger partial charge in [0, 0.05) is 45.6 Å². The highest BCUT2D eigenvalue weighted by atomic mass is 35.5. The number of benzene rings is 1. The number of aromatic nitrogens is 2. The summed E-state index contributed by atoms with van der Waals surface area (Å²) in [6, 6.07) is 6.58. The first kappa shape index (κ1) is 22.5. The van der Waals surface area contributed by atoms with E-state index in [1.165, 1.54) is 5.56 Å². The van der Waals surface area contributed by atoms with E-state index in [4.69, 9.17) is 9.47 Å². The lowest BCUT2D eigenvalue weighted by molar-refractivity contribution is 0.144.